The van der Waals surface area contributed by atoms with E-state index in [1.807, 2.05) is 42.5 Å². The second-order valence-electron chi connectivity index (χ2n) is 6.11. The van der Waals surface area contributed by atoms with Crippen molar-refractivity contribution in [3.05, 3.63) is 60.2 Å². The lowest BCUT2D eigenvalue weighted by Crippen LogP contribution is -2.47. The lowest BCUT2D eigenvalue weighted by atomic mass is 10.0. The van der Waals surface area contributed by atoms with Crippen LogP contribution in [-0.4, -0.2) is 42.4 Å². The van der Waals surface area contributed by atoms with Gasteiger partial charge in [-0.25, -0.2) is 4.79 Å². The third-order valence-electron chi connectivity index (χ3n) is 4.52. The Balaban J connectivity index is 1.69. The minimum Gasteiger partial charge on any atom is -0.489 e. The maximum atomic E-state index is 13.1. The van der Waals surface area contributed by atoms with E-state index in [0.717, 1.165) is 10.5 Å². The monoisotopic (exact) mass is 351 g/mol. The molecule has 0 saturated carbocycles. The Morgan fingerprint density at radius 3 is 2.54 bits per heavy atom. The van der Waals surface area contributed by atoms with Crippen molar-refractivity contribution < 1.29 is 19.1 Å². The summed E-state index contributed by atoms with van der Waals surface area (Å²) in [5, 5.41) is 2.43. The Labute approximate surface area is 150 Å². The molecule has 2 aliphatic heterocycles. The summed E-state index contributed by atoms with van der Waals surface area (Å²) in [6.45, 7) is -0.0802. The van der Waals surface area contributed by atoms with Gasteiger partial charge in [-0.15, -0.1) is 0 Å². The average Bonchev–Trinajstić information content (AvgIpc) is 2.99. The molecule has 0 aliphatic carbocycles. The van der Waals surface area contributed by atoms with Crippen LogP contribution in [0.2, 0.25) is 0 Å². The van der Waals surface area contributed by atoms with Gasteiger partial charge in [-0.3, -0.25) is 19.4 Å². The number of ether oxygens (including phenoxy) is 1. The molecule has 26 heavy (non-hydrogen) atoms. The molecule has 0 bridgehead atoms. The fourth-order valence-electron chi connectivity index (χ4n) is 3.24. The second-order valence-corrected chi connectivity index (χ2v) is 6.11. The van der Waals surface area contributed by atoms with Crippen LogP contribution in [0.4, 0.5) is 10.5 Å². The number of anilines is 1. The van der Waals surface area contributed by atoms with E-state index in [0.29, 0.717) is 18.0 Å². The second kappa shape index (κ2) is 6.51. The average molecular weight is 351 g/mol. The van der Waals surface area contributed by atoms with Crippen molar-refractivity contribution in [1.82, 2.24) is 10.2 Å². The number of urea groups is 1. The van der Waals surface area contributed by atoms with Gasteiger partial charge in [0, 0.05) is 0 Å². The molecule has 7 nitrogen and oxygen atoms in total. The molecular weight excluding hydrogens is 334 g/mol. The minimum absolute atomic E-state index is 0.0755. The highest BCUT2D eigenvalue weighted by atomic mass is 16.5. The third kappa shape index (κ3) is 2.77. The van der Waals surface area contributed by atoms with Crippen LogP contribution in [0, 0.1) is 0 Å². The van der Waals surface area contributed by atoms with Crippen LogP contribution in [0.25, 0.3) is 0 Å². The number of amides is 4. The molecule has 1 saturated heterocycles. The van der Waals surface area contributed by atoms with Crippen LogP contribution in [0.5, 0.6) is 5.75 Å². The van der Waals surface area contributed by atoms with E-state index in [-0.39, 0.29) is 25.0 Å². The molecule has 2 aromatic carbocycles. The number of nitrogens with zero attached hydrogens (tertiary/aromatic N) is 2. The topological polar surface area (TPSA) is 79.0 Å². The highest BCUT2D eigenvalue weighted by Crippen LogP contribution is 2.39. The predicted octanol–water partition coefficient (Wildman–Crippen LogP) is 1.71. The first kappa shape index (κ1) is 16.1. The summed E-state index contributed by atoms with van der Waals surface area (Å²) in [5.41, 5.74) is 1.55. The van der Waals surface area contributed by atoms with Crippen LogP contribution in [0.15, 0.2) is 54.6 Å². The molecule has 7 heteroatoms. The van der Waals surface area contributed by atoms with Gasteiger partial charge in [-0.1, -0.05) is 42.5 Å². The Morgan fingerprint density at radius 2 is 1.81 bits per heavy atom. The number of carbonyl (C=O) groups excluding carboxylic acids is 3. The fraction of sp³-hybridized carbons (Fsp3) is 0.211. The molecule has 0 aromatic heterocycles. The highest BCUT2D eigenvalue weighted by Gasteiger charge is 2.37. The molecule has 4 rings (SSSR count). The van der Waals surface area contributed by atoms with Crippen molar-refractivity contribution in [2.75, 3.05) is 24.6 Å². The first-order chi connectivity index (χ1) is 12.6. The van der Waals surface area contributed by atoms with Gasteiger partial charge in [0.15, 0.2) is 0 Å². The largest absolute Gasteiger partial charge is 0.489 e. The summed E-state index contributed by atoms with van der Waals surface area (Å²) in [5.74, 6) is -0.133. The molecule has 0 unspecified atom stereocenters. The van der Waals surface area contributed by atoms with E-state index in [1.165, 1.54) is 0 Å². The fourth-order valence-corrected chi connectivity index (χ4v) is 3.24. The Hall–Kier alpha value is -3.35. The molecular formula is C19H17N3O4. The summed E-state index contributed by atoms with van der Waals surface area (Å²) in [6.07, 6.45) is 0. The predicted molar refractivity (Wildman–Crippen MR) is 93.7 cm³/mol. The molecule has 1 atom stereocenters. The van der Waals surface area contributed by atoms with E-state index in [4.69, 9.17) is 4.74 Å². The standard InChI is InChI=1S/C19H17N3O4/c23-17-10-20-19(25)21(17)11-18(24)22-14-8-4-5-9-16(14)26-12-15(22)13-6-2-1-3-7-13/h1-9,15H,10-12H2,(H,20,25)/t15-/m0/s1. The summed E-state index contributed by atoms with van der Waals surface area (Å²) in [6, 6.07) is 15.9. The summed E-state index contributed by atoms with van der Waals surface area (Å²) in [7, 11) is 0. The summed E-state index contributed by atoms with van der Waals surface area (Å²) < 4.78 is 5.83. The third-order valence-corrected chi connectivity index (χ3v) is 4.52. The van der Waals surface area contributed by atoms with Crippen LogP contribution in [0.1, 0.15) is 11.6 Å². The van der Waals surface area contributed by atoms with E-state index < -0.39 is 11.9 Å². The van der Waals surface area contributed by atoms with Crippen molar-refractivity contribution >= 4 is 23.5 Å². The van der Waals surface area contributed by atoms with Crippen molar-refractivity contribution in [3.8, 4) is 5.75 Å². The van der Waals surface area contributed by atoms with Crippen LogP contribution in [-0.2, 0) is 9.59 Å². The molecule has 132 valence electrons. The number of fused-ring (bicyclic) bond motifs is 1. The Kier molecular flexibility index (Phi) is 4.04. The van der Waals surface area contributed by atoms with Crippen LogP contribution < -0.4 is 15.0 Å². The quantitative estimate of drug-likeness (QED) is 0.854. The highest BCUT2D eigenvalue weighted by molar-refractivity contribution is 6.07. The van der Waals surface area contributed by atoms with Gasteiger partial charge in [-0.2, -0.15) is 0 Å². The van der Waals surface area contributed by atoms with Crippen molar-refractivity contribution in [2.24, 2.45) is 0 Å². The summed E-state index contributed by atoms with van der Waals surface area (Å²) in [4.78, 5) is 39.3. The van der Waals surface area contributed by atoms with Gasteiger partial charge in [0.25, 0.3) is 5.91 Å². The van der Waals surface area contributed by atoms with E-state index in [2.05, 4.69) is 5.32 Å². The van der Waals surface area contributed by atoms with E-state index >= 15 is 0 Å². The molecule has 2 aromatic rings. The van der Waals surface area contributed by atoms with Gasteiger partial charge < -0.3 is 10.1 Å². The van der Waals surface area contributed by atoms with Gasteiger partial charge in [0.2, 0.25) is 5.91 Å². The van der Waals surface area contributed by atoms with Crippen molar-refractivity contribution in [2.45, 2.75) is 6.04 Å². The molecule has 1 N–H and O–H groups in total. The molecule has 1 fully saturated rings. The zero-order valence-corrected chi connectivity index (χ0v) is 13.9. The zero-order chi connectivity index (χ0) is 18.1. The van der Waals surface area contributed by atoms with Crippen molar-refractivity contribution in [3.63, 3.8) is 0 Å². The number of hydrogen-bond donors (Lipinski definition) is 1. The normalized spacial score (nSPS) is 19.0. The Morgan fingerprint density at radius 1 is 1.08 bits per heavy atom. The first-order valence-electron chi connectivity index (χ1n) is 8.32. The molecule has 2 heterocycles. The van der Waals surface area contributed by atoms with E-state index in [9.17, 15) is 14.4 Å². The number of imide groups is 1. The lowest BCUT2D eigenvalue weighted by molar-refractivity contribution is -0.129. The number of para-hydroxylation sites is 2. The maximum Gasteiger partial charge on any atom is 0.325 e. The van der Waals surface area contributed by atoms with E-state index in [1.54, 1.807) is 17.0 Å². The number of hydrogen-bond acceptors (Lipinski definition) is 4. The van der Waals surface area contributed by atoms with Crippen LogP contribution in [0.3, 0.4) is 0 Å². The molecule has 0 radical (unpaired) electrons. The smallest absolute Gasteiger partial charge is 0.325 e. The van der Waals surface area contributed by atoms with Crippen molar-refractivity contribution in [1.29, 1.82) is 0 Å². The maximum absolute atomic E-state index is 13.1. The first-order valence-corrected chi connectivity index (χ1v) is 8.32. The zero-order valence-electron chi connectivity index (χ0n) is 13.9. The molecule has 2 aliphatic rings. The number of carbonyl (C=O) groups is 3. The lowest BCUT2D eigenvalue weighted by Gasteiger charge is -2.37. The van der Waals surface area contributed by atoms with Gasteiger partial charge in [0.05, 0.1) is 18.3 Å². The van der Waals surface area contributed by atoms with Gasteiger partial charge in [0.1, 0.15) is 18.9 Å². The van der Waals surface area contributed by atoms with Gasteiger partial charge >= 0.3 is 6.03 Å². The Bertz CT molecular complexity index is 852. The molecule has 4 amide bonds. The number of nitrogens with one attached hydrogen (secondary N) is 1. The molecule has 0 spiro atoms. The summed E-state index contributed by atoms with van der Waals surface area (Å²) >= 11 is 0. The van der Waals surface area contributed by atoms with Crippen LogP contribution >= 0.6 is 0 Å². The number of rotatable bonds is 3. The minimum atomic E-state index is -0.541. The SMILES string of the molecule is O=C1CNC(=O)N1CC(=O)N1c2ccccc2OC[C@H]1c1ccccc1. The number of benzene rings is 2. The van der Waals surface area contributed by atoms with Gasteiger partial charge in [-0.05, 0) is 17.7 Å².